The minimum absolute atomic E-state index is 0.132. The molecular formula is C14H16N2O3S. The van der Waals surface area contributed by atoms with Gasteiger partial charge in [0.05, 0.1) is 19.9 Å². The van der Waals surface area contributed by atoms with Gasteiger partial charge in [-0.3, -0.25) is 4.79 Å². The van der Waals surface area contributed by atoms with E-state index in [9.17, 15) is 4.79 Å². The molecule has 0 atom stereocenters. The average molecular weight is 292 g/mol. The van der Waals surface area contributed by atoms with Crippen molar-refractivity contribution in [1.82, 2.24) is 10.3 Å². The second-order valence-electron chi connectivity index (χ2n) is 4.09. The Morgan fingerprint density at radius 3 is 3.00 bits per heavy atom. The Bertz CT molecular complexity index is 583. The fourth-order valence-corrected chi connectivity index (χ4v) is 2.46. The maximum absolute atomic E-state index is 12.0. The van der Waals surface area contributed by atoms with Gasteiger partial charge in [0.15, 0.2) is 0 Å². The number of hydrogen-bond donors (Lipinski definition) is 1. The number of methoxy groups -OCH3 is 2. The van der Waals surface area contributed by atoms with E-state index in [1.807, 2.05) is 24.3 Å². The highest BCUT2D eigenvalue weighted by atomic mass is 32.1. The molecule has 106 valence electrons. The standard InChI is InChI=1S/C14H16N2O3S/c1-18-9-13-15-8-12(20-13)14(17)16-7-10-4-3-5-11(6-10)19-2/h3-6,8H,7,9H2,1-2H3,(H,16,17). The summed E-state index contributed by atoms with van der Waals surface area (Å²) in [4.78, 5) is 16.7. The first kappa shape index (κ1) is 14.5. The lowest BCUT2D eigenvalue weighted by Crippen LogP contribution is -2.21. The van der Waals surface area contributed by atoms with Crippen molar-refractivity contribution >= 4 is 17.2 Å². The van der Waals surface area contributed by atoms with Gasteiger partial charge in [-0.2, -0.15) is 0 Å². The number of amides is 1. The highest BCUT2D eigenvalue weighted by Crippen LogP contribution is 2.15. The molecule has 20 heavy (non-hydrogen) atoms. The van der Waals surface area contributed by atoms with Crippen LogP contribution in [-0.4, -0.2) is 25.1 Å². The number of nitrogens with zero attached hydrogens (tertiary/aromatic N) is 1. The smallest absolute Gasteiger partial charge is 0.263 e. The second-order valence-corrected chi connectivity index (χ2v) is 5.20. The lowest BCUT2D eigenvalue weighted by molar-refractivity contribution is 0.0954. The third-order valence-corrected chi connectivity index (χ3v) is 3.60. The van der Waals surface area contributed by atoms with Crippen LogP contribution in [0, 0.1) is 0 Å². The molecule has 5 nitrogen and oxygen atoms in total. The van der Waals surface area contributed by atoms with Crippen LogP contribution in [0.4, 0.5) is 0 Å². The number of benzene rings is 1. The normalized spacial score (nSPS) is 10.3. The van der Waals surface area contributed by atoms with Crippen molar-refractivity contribution in [1.29, 1.82) is 0 Å². The van der Waals surface area contributed by atoms with Gasteiger partial charge in [0.25, 0.3) is 5.91 Å². The fourth-order valence-electron chi connectivity index (χ4n) is 1.66. The predicted octanol–water partition coefficient (Wildman–Crippen LogP) is 2.23. The molecule has 6 heteroatoms. The third kappa shape index (κ3) is 3.79. The molecule has 0 spiro atoms. The summed E-state index contributed by atoms with van der Waals surface area (Å²) in [5.74, 6) is 0.643. The summed E-state index contributed by atoms with van der Waals surface area (Å²) < 4.78 is 10.1. The summed E-state index contributed by atoms with van der Waals surface area (Å²) in [6, 6.07) is 7.59. The summed E-state index contributed by atoms with van der Waals surface area (Å²) in [5.41, 5.74) is 0.985. The molecule has 0 saturated heterocycles. The van der Waals surface area contributed by atoms with Crippen molar-refractivity contribution in [2.75, 3.05) is 14.2 Å². The van der Waals surface area contributed by atoms with Crippen molar-refractivity contribution in [3.63, 3.8) is 0 Å². The van der Waals surface area contributed by atoms with Crippen LogP contribution in [0.2, 0.25) is 0 Å². The first-order valence-corrected chi connectivity index (χ1v) is 6.89. The Labute approximate surface area is 121 Å². The van der Waals surface area contributed by atoms with Gasteiger partial charge in [0.1, 0.15) is 15.6 Å². The highest BCUT2D eigenvalue weighted by Gasteiger charge is 2.10. The molecule has 0 saturated carbocycles. The SMILES string of the molecule is COCc1ncc(C(=O)NCc2cccc(OC)c2)s1. The average Bonchev–Trinajstić information content (AvgIpc) is 2.94. The van der Waals surface area contributed by atoms with Crippen molar-refractivity contribution in [3.8, 4) is 5.75 Å². The topological polar surface area (TPSA) is 60.5 Å². The summed E-state index contributed by atoms with van der Waals surface area (Å²) >= 11 is 1.34. The Morgan fingerprint density at radius 2 is 2.25 bits per heavy atom. The predicted molar refractivity (Wildman–Crippen MR) is 77.0 cm³/mol. The first-order valence-electron chi connectivity index (χ1n) is 6.07. The molecule has 1 heterocycles. The number of aromatic nitrogens is 1. The lowest BCUT2D eigenvalue weighted by atomic mass is 10.2. The van der Waals surface area contributed by atoms with E-state index >= 15 is 0 Å². The molecule has 0 aliphatic carbocycles. The number of carbonyl (C=O) groups excluding carboxylic acids is 1. The van der Waals surface area contributed by atoms with Crippen LogP contribution in [0.5, 0.6) is 5.75 Å². The van der Waals surface area contributed by atoms with Crippen molar-refractivity contribution in [2.45, 2.75) is 13.2 Å². The Balaban J connectivity index is 1.93. The van der Waals surface area contributed by atoms with Gasteiger partial charge in [0, 0.05) is 13.7 Å². The van der Waals surface area contributed by atoms with E-state index in [1.54, 1.807) is 20.4 Å². The Morgan fingerprint density at radius 1 is 1.40 bits per heavy atom. The van der Waals surface area contributed by atoms with Crippen molar-refractivity contribution in [2.24, 2.45) is 0 Å². The van der Waals surface area contributed by atoms with Crippen LogP contribution in [0.1, 0.15) is 20.2 Å². The van der Waals surface area contributed by atoms with Crippen LogP contribution < -0.4 is 10.1 Å². The number of thiazole rings is 1. The van der Waals surface area contributed by atoms with Gasteiger partial charge in [-0.1, -0.05) is 12.1 Å². The summed E-state index contributed by atoms with van der Waals surface area (Å²) in [6.07, 6.45) is 1.57. The molecule has 1 aromatic heterocycles. The molecule has 0 bridgehead atoms. The third-order valence-electron chi connectivity index (χ3n) is 2.63. The van der Waals surface area contributed by atoms with E-state index in [4.69, 9.17) is 9.47 Å². The minimum atomic E-state index is -0.132. The maximum atomic E-state index is 12.0. The molecule has 0 aliphatic rings. The molecule has 0 fully saturated rings. The number of rotatable bonds is 6. The molecule has 0 radical (unpaired) electrons. The number of nitrogens with one attached hydrogen (secondary N) is 1. The van der Waals surface area contributed by atoms with Crippen molar-refractivity contribution < 1.29 is 14.3 Å². The van der Waals surface area contributed by atoms with Crippen LogP contribution in [0.25, 0.3) is 0 Å². The van der Waals surface area contributed by atoms with Gasteiger partial charge >= 0.3 is 0 Å². The molecule has 1 amide bonds. The first-order chi connectivity index (χ1) is 9.72. The quantitative estimate of drug-likeness (QED) is 0.887. The van der Waals surface area contributed by atoms with E-state index in [0.717, 1.165) is 16.3 Å². The largest absolute Gasteiger partial charge is 0.497 e. The number of hydrogen-bond acceptors (Lipinski definition) is 5. The Hall–Kier alpha value is -1.92. The van der Waals surface area contributed by atoms with E-state index in [1.165, 1.54) is 11.3 Å². The van der Waals surface area contributed by atoms with E-state index < -0.39 is 0 Å². The molecule has 1 N–H and O–H groups in total. The zero-order valence-corrected chi connectivity index (χ0v) is 12.2. The lowest BCUT2D eigenvalue weighted by Gasteiger charge is -2.05. The van der Waals surface area contributed by atoms with Crippen LogP contribution in [0.3, 0.4) is 0 Å². The van der Waals surface area contributed by atoms with Crippen LogP contribution in [0.15, 0.2) is 30.5 Å². The van der Waals surface area contributed by atoms with Crippen LogP contribution >= 0.6 is 11.3 Å². The zero-order chi connectivity index (χ0) is 14.4. The molecule has 2 rings (SSSR count). The molecular weight excluding hydrogens is 276 g/mol. The van der Waals surface area contributed by atoms with Gasteiger partial charge < -0.3 is 14.8 Å². The summed E-state index contributed by atoms with van der Waals surface area (Å²) in [5, 5.41) is 3.65. The summed E-state index contributed by atoms with van der Waals surface area (Å²) in [6.45, 7) is 0.876. The molecule has 2 aromatic rings. The highest BCUT2D eigenvalue weighted by molar-refractivity contribution is 7.13. The summed E-state index contributed by atoms with van der Waals surface area (Å²) in [7, 11) is 3.22. The van der Waals surface area contributed by atoms with Crippen LogP contribution in [-0.2, 0) is 17.9 Å². The van der Waals surface area contributed by atoms with Gasteiger partial charge in [-0.25, -0.2) is 4.98 Å². The number of ether oxygens (including phenoxy) is 2. The van der Waals surface area contributed by atoms with Crippen molar-refractivity contribution in [3.05, 3.63) is 45.9 Å². The molecule has 1 aromatic carbocycles. The monoisotopic (exact) mass is 292 g/mol. The van der Waals surface area contributed by atoms with E-state index in [2.05, 4.69) is 10.3 Å². The maximum Gasteiger partial charge on any atom is 0.263 e. The molecule has 0 unspecified atom stereocenters. The van der Waals surface area contributed by atoms with Gasteiger partial charge in [-0.15, -0.1) is 11.3 Å². The fraction of sp³-hybridized carbons (Fsp3) is 0.286. The zero-order valence-electron chi connectivity index (χ0n) is 11.4. The van der Waals surface area contributed by atoms with E-state index in [0.29, 0.717) is 18.0 Å². The van der Waals surface area contributed by atoms with Gasteiger partial charge in [-0.05, 0) is 17.7 Å². The number of carbonyl (C=O) groups is 1. The Kier molecular flexibility index (Phi) is 5.09. The minimum Gasteiger partial charge on any atom is -0.497 e. The molecule has 0 aliphatic heterocycles. The van der Waals surface area contributed by atoms with Gasteiger partial charge in [0.2, 0.25) is 0 Å². The second kappa shape index (κ2) is 7.02. The van der Waals surface area contributed by atoms with E-state index in [-0.39, 0.29) is 5.91 Å².